The third-order valence-corrected chi connectivity index (χ3v) is 4.01. The van der Waals surface area contributed by atoms with E-state index in [0.717, 1.165) is 21.2 Å². The van der Waals surface area contributed by atoms with E-state index >= 15 is 0 Å². The van der Waals surface area contributed by atoms with Crippen LogP contribution in [-0.2, 0) is 18.0 Å². The molecule has 0 aliphatic rings. The molecule has 110 valence electrons. The average Bonchev–Trinajstić information content (AvgIpc) is 2.48. The molecule has 2 aromatic rings. The Balaban J connectivity index is 2.01. The molecule has 2 rings (SSSR count). The van der Waals surface area contributed by atoms with Crippen molar-refractivity contribution in [2.24, 2.45) is 5.73 Å². The molecule has 0 bridgehead atoms. The van der Waals surface area contributed by atoms with Gasteiger partial charge < -0.3 is 15.2 Å². The van der Waals surface area contributed by atoms with Gasteiger partial charge >= 0.3 is 0 Å². The van der Waals surface area contributed by atoms with E-state index in [1.165, 1.54) is 0 Å². The standard InChI is InChI=1S/C16H16BrNO2S/c1-19-15-8-11(6-7-13(15)16(18)21)9-20-10-12-4-2-3-5-14(12)17/h2-8H,9-10H2,1H3,(H2,18,21). The Hall–Kier alpha value is -1.43. The number of hydrogen-bond donors (Lipinski definition) is 1. The van der Waals surface area contributed by atoms with Gasteiger partial charge in [0, 0.05) is 4.47 Å². The van der Waals surface area contributed by atoms with Gasteiger partial charge in [-0.15, -0.1) is 0 Å². The second-order valence-electron chi connectivity index (χ2n) is 4.48. The smallest absolute Gasteiger partial charge is 0.129 e. The zero-order valence-corrected chi connectivity index (χ0v) is 14.0. The Kier molecular flexibility index (Phi) is 5.73. The SMILES string of the molecule is COc1cc(COCc2ccccc2Br)ccc1C(N)=S. The second-order valence-corrected chi connectivity index (χ2v) is 5.78. The molecule has 5 heteroatoms. The fourth-order valence-corrected chi connectivity index (χ4v) is 2.49. The molecule has 2 aromatic carbocycles. The molecule has 0 radical (unpaired) electrons. The Labute approximate surface area is 138 Å². The lowest BCUT2D eigenvalue weighted by Crippen LogP contribution is -2.11. The Morgan fingerprint density at radius 3 is 2.62 bits per heavy atom. The topological polar surface area (TPSA) is 44.5 Å². The van der Waals surface area contributed by atoms with Gasteiger partial charge in [0.2, 0.25) is 0 Å². The van der Waals surface area contributed by atoms with Crippen molar-refractivity contribution in [3.05, 3.63) is 63.6 Å². The highest BCUT2D eigenvalue weighted by molar-refractivity contribution is 9.10. The third-order valence-electron chi connectivity index (χ3n) is 3.02. The molecule has 0 spiro atoms. The zero-order valence-electron chi connectivity index (χ0n) is 11.6. The molecule has 21 heavy (non-hydrogen) atoms. The van der Waals surface area contributed by atoms with Gasteiger partial charge in [0.05, 0.1) is 25.9 Å². The first kappa shape index (κ1) is 15.9. The van der Waals surface area contributed by atoms with Gasteiger partial charge in [-0.25, -0.2) is 0 Å². The summed E-state index contributed by atoms with van der Waals surface area (Å²) in [6.45, 7) is 1.04. The van der Waals surface area contributed by atoms with Crippen LogP contribution in [0.2, 0.25) is 0 Å². The number of ether oxygens (including phenoxy) is 2. The molecule has 0 saturated carbocycles. The van der Waals surface area contributed by atoms with Crippen LogP contribution in [0, 0.1) is 0 Å². The van der Waals surface area contributed by atoms with Crippen LogP contribution in [0.15, 0.2) is 46.9 Å². The van der Waals surface area contributed by atoms with E-state index in [9.17, 15) is 0 Å². The highest BCUT2D eigenvalue weighted by atomic mass is 79.9. The lowest BCUT2D eigenvalue weighted by molar-refractivity contribution is 0.106. The molecular weight excluding hydrogens is 350 g/mol. The van der Waals surface area contributed by atoms with Gasteiger partial charge in [-0.3, -0.25) is 0 Å². The minimum atomic E-state index is 0.326. The fourth-order valence-electron chi connectivity index (χ4n) is 1.92. The Morgan fingerprint density at radius 1 is 1.19 bits per heavy atom. The average molecular weight is 366 g/mol. The van der Waals surface area contributed by atoms with Crippen molar-refractivity contribution in [3.63, 3.8) is 0 Å². The molecule has 0 heterocycles. The van der Waals surface area contributed by atoms with Crippen molar-refractivity contribution >= 4 is 33.1 Å². The van der Waals surface area contributed by atoms with Crippen molar-refractivity contribution in [2.45, 2.75) is 13.2 Å². The number of hydrogen-bond acceptors (Lipinski definition) is 3. The summed E-state index contributed by atoms with van der Waals surface area (Å²) in [5.41, 5.74) is 8.51. The van der Waals surface area contributed by atoms with Crippen LogP contribution in [0.1, 0.15) is 16.7 Å². The Morgan fingerprint density at radius 2 is 1.95 bits per heavy atom. The van der Waals surface area contributed by atoms with Crippen LogP contribution in [0.3, 0.4) is 0 Å². The number of thiocarbonyl (C=S) groups is 1. The van der Waals surface area contributed by atoms with Crippen LogP contribution in [0.4, 0.5) is 0 Å². The molecule has 0 atom stereocenters. The van der Waals surface area contributed by atoms with E-state index in [1.54, 1.807) is 7.11 Å². The molecule has 0 amide bonds. The van der Waals surface area contributed by atoms with Crippen molar-refractivity contribution in [1.29, 1.82) is 0 Å². The van der Waals surface area contributed by atoms with Gasteiger partial charge in [-0.1, -0.05) is 52.4 Å². The highest BCUT2D eigenvalue weighted by Crippen LogP contribution is 2.22. The lowest BCUT2D eigenvalue weighted by atomic mass is 10.1. The predicted molar refractivity (Wildman–Crippen MR) is 91.5 cm³/mol. The monoisotopic (exact) mass is 365 g/mol. The maximum atomic E-state index is 5.74. The molecule has 0 aliphatic heterocycles. The minimum Gasteiger partial charge on any atom is -0.496 e. The summed E-state index contributed by atoms with van der Waals surface area (Å²) < 4.78 is 12.1. The maximum absolute atomic E-state index is 5.74. The first-order chi connectivity index (χ1) is 10.1. The molecule has 0 saturated heterocycles. The van der Waals surface area contributed by atoms with E-state index in [1.807, 2.05) is 42.5 Å². The minimum absolute atomic E-state index is 0.326. The summed E-state index contributed by atoms with van der Waals surface area (Å²) in [5.74, 6) is 0.671. The van der Waals surface area contributed by atoms with Crippen molar-refractivity contribution in [2.75, 3.05) is 7.11 Å². The molecule has 0 fully saturated rings. The zero-order chi connectivity index (χ0) is 15.2. The molecular formula is C16H16BrNO2S. The van der Waals surface area contributed by atoms with Crippen LogP contribution in [0.25, 0.3) is 0 Å². The van der Waals surface area contributed by atoms with Crippen LogP contribution in [-0.4, -0.2) is 12.1 Å². The highest BCUT2D eigenvalue weighted by Gasteiger charge is 2.07. The van der Waals surface area contributed by atoms with Gasteiger partial charge in [-0.2, -0.15) is 0 Å². The normalized spacial score (nSPS) is 10.4. The molecule has 2 N–H and O–H groups in total. The fraction of sp³-hybridized carbons (Fsp3) is 0.188. The largest absolute Gasteiger partial charge is 0.496 e. The van der Waals surface area contributed by atoms with E-state index in [-0.39, 0.29) is 0 Å². The first-order valence-electron chi connectivity index (χ1n) is 6.39. The number of nitrogens with two attached hydrogens (primary N) is 1. The van der Waals surface area contributed by atoms with Crippen LogP contribution < -0.4 is 10.5 Å². The molecule has 3 nitrogen and oxygen atoms in total. The lowest BCUT2D eigenvalue weighted by Gasteiger charge is -2.10. The van der Waals surface area contributed by atoms with Crippen molar-refractivity contribution in [3.8, 4) is 5.75 Å². The predicted octanol–water partition coefficient (Wildman–Crippen LogP) is 3.81. The van der Waals surface area contributed by atoms with E-state index in [4.69, 9.17) is 27.4 Å². The summed E-state index contributed by atoms with van der Waals surface area (Å²) in [5, 5.41) is 0. The third kappa shape index (κ3) is 4.27. The summed E-state index contributed by atoms with van der Waals surface area (Å²) in [7, 11) is 1.60. The number of rotatable bonds is 6. The van der Waals surface area contributed by atoms with E-state index < -0.39 is 0 Å². The van der Waals surface area contributed by atoms with Crippen LogP contribution >= 0.6 is 28.1 Å². The van der Waals surface area contributed by atoms with Crippen LogP contribution in [0.5, 0.6) is 5.75 Å². The van der Waals surface area contributed by atoms with E-state index in [2.05, 4.69) is 15.9 Å². The maximum Gasteiger partial charge on any atom is 0.129 e. The summed E-state index contributed by atoms with van der Waals surface area (Å²) >= 11 is 8.49. The molecule has 0 unspecified atom stereocenters. The number of benzene rings is 2. The quantitative estimate of drug-likeness (QED) is 0.790. The van der Waals surface area contributed by atoms with Gasteiger partial charge in [0.25, 0.3) is 0 Å². The first-order valence-corrected chi connectivity index (χ1v) is 7.60. The second kappa shape index (κ2) is 7.54. The van der Waals surface area contributed by atoms with Gasteiger partial charge in [0.1, 0.15) is 10.7 Å². The van der Waals surface area contributed by atoms with E-state index in [0.29, 0.717) is 24.0 Å². The van der Waals surface area contributed by atoms with Crippen molar-refractivity contribution in [1.82, 2.24) is 0 Å². The summed E-state index contributed by atoms with van der Waals surface area (Å²) in [6.07, 6.45) is 0. The number of halogens is 1. The van der Waals surface area contributed by atoms with Gasteiger partial charge in [-0.05, 0) is 29.3 Å². The summed E-state index contributed by atoms with van der Waals surface area (Å²) in [4.78, 5) is 0.326. The molecule has 0 aromatic heterocycles. The molecule has 0 aliphatic carbocycles. The number of methoxy groups -OCH3 is 1. The van der Waals surface area contributed by atoms with Crippen molar-refractivity contribution < 1.29 is 9.47 Å². The van der Waals surface area contributed by atoms with Gasteiger partial charge in [0.15, 0.2) is 0 Å². The summed E-state index contributed by atoms with van der Waals surface area (Å²) in [6, 6.07) is 13.7. The Bertz CT molecular complexity index is 646.